The Morgan fingerprint density at radius 2 is 1.88 bits per heavy atom. The van der Waals surface area contributed by atoms with E-state index < -0.39 is 0 Å². The topological polar surface area (TPSA) is 17.1 Å². The fourth-order valence-corrected chi connectivity index (χ4v) is 3.52. The molecule has 1 heteroatoms. The Hall–Kier alpha value is -0.850. The van der Waals surface area contributed by atoms with Crippen molar-refractivity contribution in [2.75, 3.05) is 0 Å². The van der Waals surface area contributed by atoms with Gasteiger partial charge in [-0.2, -0.15) is 0 Å². The van der Waals surface area contributed by atoms with Crippen molar-refractivity contribution in [3.8, 4) is 0 Å². The Balaban J connectivity index is 0.000000686. The molecule has 2 aliphatic rings. The highest BCUT2D eigenvalue weighted by Gasteiger charge is 2.35. The van der Waals surface area contributed by atoms with Crippen molar-refractivity contribution in [2.45, 2.75) is 58.3 Å². The fourth-order valence-electron chi connectivity index (χ4n) is 3.52. The molecule has 1 atom stereocenters. The second-order valence-electron chi connectivity index (χ2n) is 5.31. The standard InChI is InChI=1S/C15H24.CH2O/c1-2-11-15(12-7-4-8-13-15)14-9-5-3-6-10-14;1-2/h4,7-8,12,14H,2-3,5-6,9-11,13H2,1H3;1H2. The Bertz CT molecular complexity index is 261. The molecule has 2 rings (SSSR count). The highest BCUT2D eigenvalue weighted by molar-refractivity contribution is 5.18. The Morgan fingerprint density at radius 1 is 1.18 bits per heavy atom. The lowest BCUT2D eigenvalue weighted by molar-refractivity contribution is -0.0979. The molecule has 0 spiro atoms. The normalized spacial score (nSPS) is 28.5. The maximum absolute atomic E-state index is 8.00. The number of allylic oxidation sites excluding steroid dienone is 4. The van der Waals surface area contributed by atoms with Crippen LogP contribution in [-0.4, -0.2) is 6.79 Å². The van der Waals surface area contributed by atoms with Gasteiger partial charge in [0.15, 0.2) is 0 Å². The molecule has 1 unspecified atom stereocenters. The number of rotatable bonds is 3. The lowest BCUT2D eigenvalue weighted by Gasteiger charge is -2.41. The molecule has 0 aliphatic heterocycles. The smallest absolute Gasteiger partial charge is 0.106 e. The van der Waals surface area contributed by atoms with Crippen LogP contribution in [0, 0.1) is 11.3 Å². The monoisotopic (exact) mass is 234 g/mol. The van der Waals surface area contributed by atoms with Crippen LogP contribution in [-0.2, 0) is 4.79 Å². The minimum atomic E-state index is 0.532. The number of carbonyl (C=O) groups excluding carboxylic acids is 1. The van der Waals surface area contributed by atoms with Crippen LogP contribution in [0.1, 0.15) is 58.3 Å². The predicted octanol–water partition coefficient (Wildman–Crippen LogP) is 4.68. The number of carbonyl (C=O) groups is 1. The first kappa shape index (κ1) is 14.2. The summed E-state index contributed by atoms with van der Waals surface area (Å²) in [5, 5.41) is 0. The lowest BCUT2D eigenvalue weighted by atomic mass is 9.63. The van der Waals surface area contributed by atoms with Crippen molar-refractivity contribution in [3.63, 3.8) is 0 Å². The van der Waals surface area contributed by atoms with Gasteiger partial charge >= 0.3 is 0 Å². The van der Waals surface area contributed by atoms with Gasteiger partial charge in [-0.15, -0.1) is 0 Å². The first-order valence-corrected chi connectivity index (χ1v) is 7.00. The molecule has 0 aromatic rings. The van der Waals surface area contributed by atoms with Crippen LogP contribution in [0.4, 0.5) is 0 Å². The summed E-state index contributed by atoms with van der Waals surface area (Å²) in [6.07, 6.45) is 20.8. The molecule has 0 amide bonds. The van der Waals surface area contributed by atoms with Gasteiger partial charge in [-0.3, -0.25) is 0 Å². The van der Waals surface area contributed by atoms with E-state index in [1.165, 1.54) is 51.4 Å². The van der Waals surface area contributed by atoms with Gasteiger partial charge in [0.1, 0.15) is 6.79 Å². The first-order chi connectivity index (χ1) is 8.37. The zero-order chi connectivity index (χ0) is 12.6. The van der Waals surface area contributed by atoms with Crippen LogP contribution in [0.3, 0.4) is 0 Å². The van der Waals surface area contributed by atoms with Crippen molar-refractivity contribution in [1.29, 1.82) is 0 Å². The molecule has 0 aromatic heterocycles. The predicted molar refractivity (Wildman–Crippen MR) is 73.9 cm³/mol. The van der Waals surface area contributed by atoms with Gasteiger partial charge < -0.3 is 4.79 Å². The molecule has 0 heterocycles. The van der Waals surface area contributed by atoms with Gasteiger partial charge in [-0.05, 0) is 37.0 Å². The van der Waals surface area contributed by atoms with Gasteiger partial charge in [-0.1, -0.05) is 56.9 Å². The molecule has 0 radical (unpaired) electrons. The van der Waals surface area contributed by atoms with Gasteiger partial charge in [0, 0.05) is 0 Å². The first-order valence-electron chi connectivity index (χ1n) is 7.00. The zero-order valence-electron chi connectivity index (χ0n) is 11.2. The molecule has 2 aliphatic carbocycles. The third-order valence-corrected chi connectivity index (χ3v) is 4.31. The van der Waals surface area contributed by atoms with E-state index in [2.05, 4.69) is 31.2 Å². The molecule has 0 saturated heterocycles. The van der Waals surface area contributed by atoms with Crippen molar-refractivity contribution >= 4 is 6.79 Å². The van der Waals surface area contributed by atoms with Crippen molar-refractivity contribution in [1.82, 2.24) is 0 Å². The highest BCUT2D eigenvalue weighted by Crippen LogP contribution is 2.46. The zero-order valence-corrected chi connectivity index (χ0v) is 11.2. The van der Waals surface area contributed by atoms with E-state index in [1.807, 2.05) is 6.79 Å². The Kier molecular flexibility index (Phi) is 6.25. The second kappa shape index (κ2) is 7.47. The molecular weight excluding hydrogens is 208 g/mol. The minimum absolute atomic E-state index is 0.532. The molecular formula is C16H26O. The summed E-state index contributed by atoms with van der Waals surface area (Å²) in [6.45, 7) is 4.33. The van der Waals surface area contributed by atoms with Crippen LogP contribution in [0.5, 0.6) is 0 Å². The van der Waals surface area contributed by atoms with Crippen molar-refractivity contribution in [3.05, 3.63) is 24.3 Å². The largest absolute Gasteiger partial charge is 0.307 e. The third kappa shape index (κ3) is 3.55. The summed E-state index contributed by atoms with van der Waals surface area (Å²) in [5.41, 5.74) is 0.532. The SMILES string of the molecule is C=O.CCCC1(C2CCCCC2)C=CC=CC1. The summed E-state index contributed by atoms with van der Waals surface area (Å²) in [5.74, 6) is 0.965. The van der Waals surface area contributed by atoms with E-state index in [0.717, 1.165) is 5.92 Å². The van der Waals surface area contributed by atoms with Gasteiger partial charge in [-0.25, -0.2) is 0 Å². The van der Waals surface area contributed by atoms with Crippen LogP contribution in [0.15, 0.2) is 24.3 Å². The highest BCUT2D eigenvalue weighted by atomic mass is 16.1. The number of hydrogen-bond acceptors (Lipinski definition) is 1. The Labute approximate surface area is 106 Å². The molecule has 0 bridgehead atoms. The summed E-state index contributed by atoms with van der Waals surface area (Å²) in [4.78, 5) is 8.00. The van der Waals surface area contributed by atoms with Gasteiger partial charge in [0.05, 0.1) is 0 Å². The Morgan fingerprint density at radius 3 is 2.41 bits per heavy atom. The molecule has 0 N–H and O–H groups in total. The van der Waals surface area contributed by atoms with Crippen LogP contribution < -0.4 is 0 Å². The maximum atomic E-state index is 8.00. The summed E-state index contributed by atoms with van der Waals surface area (Å²) >= 11 is 0. The maximum Gasteiger partial charge on any atom is 0.106 e. The minimum Gasteiger partial charge on any atom is -0.307 e. The summed E-state index contributed by atoms with van der Waals surface area (Å²) in [7, 11) is 0. The van der Waals surface area contributed by atoms with Crippen LogP contribution in [0.25, 0.3) is 0 Å². The molecule has 1 fully saturated rings. The van der Waals surface area contributed by atoms with Crippen molar-refractivity contribution in [2.24, 2.45) is 11.3 Å². The van der Waals surface area contributed by atoms with E-state index in [1.54, 1.807) is 0 Å². The van der Waals surface area contributed by atoms with E-state index in [9.17, 15) is 0 Å². The average molecular weight is 234 g/mol. The van der Waals surface area contributed by atoms with Crippen LogP contribution >= 0.6 is 0 Å². The van der Waals surface area contributed by atoms with E-state index >= 15 is 0 Å². The van der Waals surface area contributed by atoms with Gasteiger partial charge in [0.2, 0.25) is 0 Å². The summed E-state index contributed by atoms with van der Waals surface area (Å²) < 4.78 is 0. The fraction of sp³-hybridized carbons (Fsp3) is 0.688. The second-order valence-corrected chi connectivity index (χ2v) is 5.31. The molecule has 96 valence electrons. The number of hydrogen-bond donors (Lipinski definition) is 0. The molecule has 1 nitrogen and oxygen atoms in total. The average Bonchev–Trinajstić information content (AvgIpc) is 2.43. The van der Waals surface area contributed by atoms with Crippen molar-refractivity contribution < 1.29 is 4.79 Å². The van der Waals surface area contributed by atoms with E-state index in [-0.39, 0.29) is 0 Å². The lowest BCUT2D eigenvalue weighted by Crippen LogP contribution is -2.30. The quantitative estimate of drug-likeness (QED) is 0.692. The molecule has 0 aromatic carbocycles. The molecule has 1 saturated carbocycles. The molecule has 17 heavy (non-hydrogen) atoms. The summed E-state index contributed by atoms with van der Waals surface area (Å²) in [6, 6.07) is 0. The van der Waals surface area contributed by atoms with E-state index in [4.69, 9.17) is 4.79 Å². The van der Waals surface area contributed by atoms with Crippen LogP contribution in [0.2, 0.25) is 0 Å². The third-order valence-electron chi connectivity index (χ3n) is 4.31. The van der Waals surface area contributed by atoms with E-state index in [0.29, 0.717) is 5.41 Å². The van der Waals surface area contributed by atoms with Gasteiger partial charge in [0.25, 0.3) is 0 Å².